The number of fused-ring (bicyclic) bond motifs is 6. The highest BCUT2D eigenvalue weighted by atomic mass is 32.1. The van der Waals surface area contributed by atoms with Crippen LogP contribution in [0.1, 0.15) is 42.8 Å². The molecule has 0 saturated carbocycles. The second-order valence-corrected chi connectivity index (χ2v) is 11.2. The number of nitrogens with zero attached hydrogens (tertiary/aromatic N) is 2. The van der Waals surface area contributed by atoms with Crippen LogP contribution in [0.4, 0.5) is 5.69 Å². The number of nitriles is 1. The monoisotopic (exact) mass is 557 g/mol. The summed E-state index contributed by atoms with van der Waals surface area (Å²) in [5.74, 6) is -1.39. The maximum Gasteiger partial charge on any atom is 0.238 e. The molecule has 3 aromatic carbocycles. The van der Waals surface area contributed by atoms with Gasteiger partial charge in [0.15, 0.2) is 18.2 Å². The topological polar surface area (TPSA) is 99.5 Å². The molecule has 7 nitrogen and oxygen atoms in total. The van der Waals surface area contributed by atoms with E-state index in [4.69, 9.17) is 10.00 Å². The number of anilines is 1. The zero-order valence-corrected chi connectivity index (χ0v) is 22.5. The van der Waals surface area contributed by atoms with Crippen molar-refractivity contribution in [3.05, 3.63) is 124 Å². The lowest BCUT2D eigenvalue weighted by Gasteiger charge is -2.38. The maximum atomic E-state index is 14.8. The van der Waals surface area contributed by atoms with E-state index < -0.39 is 23.4 Å². The Hall–Kier alpha value is -5.00. The normalized spacial score (nSPS) is 23.3. The number of hydrogen-bond acceptors (Lipinski definition) is 7. The summed E-state index contributed by atoms with van der Waals surface area (Å²) < 4.78 is 5.39. The summed E-state index contributed by atoms with van der Waals surface area (Å²) in [7, 11) is 0. The third-order valence-electron chi connectivity index (χ3n) is 8.33. The van der Waals surface area contributed by atoms with Crippen molar-refractivity contribution in [1.29, 1.82) is 5.26 Å². The molecule has 0 unspecified atom stereocenters. The molecule has 7 rings (SSSR count). The minimum Gasteiger partial charge on any atom is -0.479 e. The Bertz CT molecular complexity index is 1770. The van der Waals surface area contributed by atoms with E-state index in [1.807, 2.05) is 83.2 Å². The van der Waals surface area contributed by atoms with Crippen LogP contribution in [0.5, 0.6) is 5.75 Å². The number of benzene rings is 3. The number of carbonyl (C=O) groups excluding carboxylic acids is 3. The van der Waals surface area contributed by atoms with Crippen molar-refractivity contribution in [3.63, 3.8) is 0 Å². The van der Waals surface area contributed by atoms with Crippen LogP contribution in [-0.2, 0) is 10.2 Å². The van der Waals surface area contributed by atoms with Crippen molar-refractivity contribution < 1.29 is 19.1 Å². The van der Waals surface area contributed by atoms with Crippen molar-refractivity contribution in [2.45, 2.75) is 17.5 Å². The van der Waals surface area contributed by atoms with Crippen molar-refractivity contribution in [1.82, 2.24) is 4.90 Å². The number of carbonyl (C=O) groups is 3. The second kappa shape index (κ2) is 9.58. The molecule has 1 amide bonds. The lowest BCUT2D eigenvalue weighted by molar-refractivity contribution is -0.122. The molecule has 1 spiro atoms. The summed E-state index contributed by atoms with van der Waals surface area (Å²) in [6.45, 7) is -0.115. The van der Waals surface area contributed by atoms with Crippen LogP contribution in [0.2, 0.25) is 0 Å². The summed E-state index contributed by atoms with van der Waals surface area (Å²) >= 11 is 1.32. The fourth-order valence-electron chi connectivity index (χ4n) is 6.74. The van der Waals surface area contributed by atoms with Crippen molar-refractivity contribution in [2.75, 3.05) is 11.9 Å². The van der Waals surface area contributed by atoms with Gasteiger partial charge in [0.2, 0.25) is 5.91 Å². The summed E-state index contributed by atoms with van der Waals surface area (Å²) in [6, 6.07) is 25.8. The van der Waals surface area contributed by atoms with Crippen molar-refractivity contribution in [3.8, 4) is 11.8 Å². The van der Waals surface area contributed by atoms with Gasteiger partial charge < -0.3 is 15.0 Å². The van der Waals surface area contributed by atoms with Crippen LogP contribution >= 0.6 is 11.3 Å². The SMILES string of the molecule is N#CCOc1ccc(C(=O)[C@@H]2[C@H](C(=O)c3cccs3)N3C=Cc4ccccc4[C@@H]3[C@]23C(=O)Nc2ccccc23)cc1. The molecule has 0 bridgehead atoms. The Kier molecular flexibility index (Phi) is 5.84. The molecule has 1 aromatic heterocycles. The Morgan fingerprint density at radius 1 is 0.976 bits per heavy atom. The fourth-order valence-corrected chi connectivity index (χ4v) is 7.44. The molecule has 1 fully saturated rings. The van der Waals surface area contributed by atoms with Crippen LogP contribution in [0, 0.1) is 17.2 Å². The third kappa shape index (κ3) is 3.59. The van der Waals surface area contributed by atoms with E-state index in [-0.39, 0.29) is 24.1 Å². The zero-order valence-electron chi connectivity index (χ0n) is 21.7. The van der Waals surface area contributed by atoms with E-state index in [0.29, 0.717) is 27.4 Å². The van der Waals surface area contributed by atoms with Gasteiger partial charge in [0.1, 0.15) is 23.3 Å². The number of nitrogens with one attached hydrogen (secondary N) is 1. The number of amides is 1. The quantitative estimate of drug-likeness (QED) is 0.309. The predicted octanol–water partition coefficient (Wildman–Crippen LogP) is 5.63. The number of thiophene rings is 1. The number of para-hydroxylation sites is 1. The zero-order chi connectivity index (χ0) is 28.1. The van der Waals surface area contributed by atoms with Gasteiger partial charge >= 0.3 is 0 Å². The average molecular weight is 558 g/mol. The largest absolute Gasteiger partial charge is 0.479 e. The van der Waals surface area contributed by atoms with Gasteiger partial charge in [0.25, 0.3) is 0 Å². The molecule has 200 valence electrons. The first-order valence-electron chi connectivity index (χ1n) is 13.2. The van der Waals surface area contributed by atoms with Crippen LogP contribution in [0.3, 0.4) is 0 Å². The molecule has 4 atom stereocenters. The Labute approximate surface area is 240 Å². The van der Waals surface area contributed by atoms with Gasteiger partial charge in [0, 0.05) is 17.5 Å². The van der Waals surface area contributed by atoms with Gasteiger partial charge in [-0.2, -0.15) is 5.26 Å². The van der Waals surface area contributed by atoms with Gasteiger partial charge in [-0.05, 0) is 64.5 Å². The molecule has 0 aliphatic carbocycles. The van der Waals surface area contributed by atoms with Crippen molar-refractivity contribution >= 4 is 40.6 Å². The van der Waals surface area contributed by atoms with Crippen LogP contribution in [0.15, 0.2) is 96.5 Å². The number of rotatable bonds is 6. The molecule has 8 heteroatoms. The molecule has 4 heterocycles. The van der Waals surface area contributed by atoms with E-state index >= 15 is 0 Å². The number of ketones is 2. The second-order valence-electron chi connectivity index (χ2n) is 10.3. The highest BCUT2D eigenvalue weighted by molar-refractivity contribution is 7.12. The maximum absolute atomic E-state index is 14.8. The van der Waals surface area contributed by atoms with E-state index in [1.54, 1.807) is 30.3 Å². The summed E-state index contributed by atoms with van der Waals surface area (Å²) in [4.78, 5) is 46.0. The molecule has 0 radical (unpaired) electrons. The van der Waals surface area contributed by atoms with E-state index in [2.05, 4.69) is 5.32 Å². The summed E-state index contributed by atoms with van der Waals surface area (Å²) in [6.07, 6.45) is 3.81. The lowest BCUT2D eigenvalue weighted by Crippen LogP contribution is -2.49. The number of ether oxygens (including phenoxy) is 1. The number of Topliss-reactive ketones (excluding diaryl/α,β-unsaturated/α-hetero) is 2. The Morgan fingerprint density at radius 2 is 1.76 bits per heavy atom. The highest BCUT2D eigenvalue weighted by Crippen LogP contribution is 2.62. The first-order chi connectivity index (χ1) is 20.1. The van der Waals surface area contributed by atoms with Crippen LogP contribution in [0.25, 0.3) is 6.08 Å². The van der Waals surface area contributed by atoms with E-state index in [1.165, 1.54) is 11.3 Å². The van der Waals surface area contributed by atoms with Crippen LogP contribution in [-0.4, -0.2) is 35.0 Å². The predicted molar refractivity (Wildman–Crippen MR) is 155 cm³/mol. The molecule has 3 aliphatic rings. The third-order valence-corrected chi connectivity index (χ3v) is 9.21. The molecule has 4 aromatic rings. The van der Waals surface area contributed by atoms with Gasteiger partial charge in [-0.25, -0.2) is 0 Å². The summed E-state index contributed by atoms with van der Waals surface area (Å²) in [5.41, 5.74) is 2.17. The first kappa shape index (κ1) is 25.0. The molecular weight excluding hydrogens is 534 g/mol. The van der Waals surface area contributed by atoms with Crippen molar-refractivity contribution in [2.24, 2.45) is 5.92 Å². The highest BCUT2D eigenvalue weighted by Gasteiger charge is 2.70. The minimum atomic E-state index is -1.37. The van der Waals surface area contributed by atoms with Gasteiger partial charge in [-0.15, -0.1) is 11.3 Å². The van der Waals surface area contributed by atoms with Crippen LogP contribution < -0.4 is 10.1 Å². The van der Waals surface area contributed by atoms with Gasteiger partial charge in [0.05, 0.1) is 16.8 Å². The van der Waals surface area contributed by atoms with Gasteiger partial charge in [-0.3, -0.25) is 14.4 Å². The molecule has 3 aliphatic heterocycles. The first-order valence-corrected chi connectivity index (χ1v) is 14.1. The molecular formula is C33H23N3O4S. The fraction of sp³-hybridized carbons (Fsp3) is 0.152. The molecule has 1 N–H and O–H groups in total. The average Bonchev–Trinajstić information content (AvgIpc) is 3.72. The molecule has 1 saturated heterocycles. The van der Waals surface area contributed by atoms with E-state index in [0.717, 1.165) is 11.1 Å². The Balaban J connectivity index is 1.48. The van der Waals surface area contributed by atoms with E-state index in [9.17, 15) is 14.4 Å². The Morgan fingerprint density at radius 3 is 2.54 bits per heavy atom. The number of hydrogen-bond donors (Lipinski definition) is 1. The summed E-state index contributed by atoms with van der Waals surface area (Å²) in [5, 5.41) is 13.8. The molecule has 41 heavy (non-hydrogen) atoms. The van der Waals surface area contributed by atoms with Gasteiger partial charge in [-0.1, -0.05) is 48.5 Å². The smallest absolute Gasteiger partial charge is 0.238 e. The standard InChI is InChI=1S/C33H23N3O4S/c34-16-18-40-22-13-11-21(12-14-22)29(37)27-28(30(38)26-10-5-19-41-26)36-17-15-20-6-1-2-7-23(20)31(36)33(27)24-8-3-4-9-25(24)35-32(33)39/h1-15,17,19,27-28,31H,18H2,(H,35,39)/t27-,28+,31+,33+/m0/s1. The minimum absolute atomic E-state index is 0.115. The lowest BCUT2D eigenvalue weighted by atomic mass is 9.63.